The number of rotatable bonds is 4. The fourth-order valence-electron chi connectivity index (χ4n) is 3.88. The van der Waals surface area contributed by atoms with Crippen LogP contribution in [0.3, 0.4) is 0 Å². The molecule has 2 aromatic heterocycles. The van der Waals surface area contributed by atoms with E-state index in [-0.39, 0.29) is 5.91 Å². The Morgan fingerprint density at radius 2 is 1.88 bits per heavy atom. The Kier molecular flexibility index (Phi) is 4.97. The molecule has 6 nitrogen and oxygen atoms in total. The van der Waals surface area contributed by atoms with Crippen LogP contribution in [0.4, 0.5) is 14.6 Å². The SMILES string of the molecule is COc1cc(-c2ccc(F)c(F)c2)cc2c(N3CCCC3=O)nc(-c3cccnc3)nc12. The number of fused-ring (bicyclic) bond motifs is 1. The van der Waals surface area contributed by atoms with Gasteiger partial charge in [-0.25, -0.2) is 18.7 Å². The first-order valence-electron chi connectivity index (χ1n) is 10.1. The van der Waals surface area contributed by atoms with Crippen LogP contribution in [-0.4, -0.2) is 34.5 Å². The van der Waals surface area contributed by atoms with Gasteiger partial charge in [-0.3, -0.25) is 14.7 Å². The summed E-state index contributed by atoms with van der Waals surface area (Å²) in [4.78, 5) is 27.8. The molecule has 0 saturated carbocycles. The lowest BCUT2D eigenvalue weighted by Gasteiger charge is -2.19. The number of carbonyl (C=O) groups is 1. The second-order valence-electron chi connectivity index (χ2n) is 7.47. The first-order chi connectivity index (χ1) is 15.5. The summed E-state index contributed by atoms with van der Waals surface area (Å²) in [5, 5.41) is 0.590. The van der Waals surface area contributed by atoms with Crippen molar-refractivity contribution in [2.75, 3.05) is 18.6 Å². The fraction of sp³-hybridized carbons (Fsp3) is 0.167. The van der Waals surface area contributed by atoms with Crippen LogP contribution in [0.15, 0.2) is 54.9 Å². The van der Waals surface area contributed by atoms with Crippen LogP contribution in [0.5, 0.6) is 5.75 Å². The quantitative estimate of drug-likeness (QED) is 0.465. The predicted molar refractivity (Wildman–Crippen MR) is 116 cm³/mol. The molecule has 0 spiro atoms. The molecule has 3 heterocycles. The maximum atomic E-state index is 13.9. The smallest absolute Gasteiger partial charge is 0.228 e. The third-order valence-electron chi connectivity index (χ3n) is 5.47. The van der Waals surface area contributed by atoms with Crippen LogP contribution >= 0.6 is 0 Å². The van der Waals surface area contributed by atoms with Crippen LogP contribution in [0.1, 0.15) is 12.8 Å². The van der Waals surface area contributed by atoms with E-state index in [4.69, 9.17) is 14.7 Å². The number of amides is 1. The molecule has 2 aromatic carbocycles. The highest BCUT2D eigenvalue weighted by atomic mass is 19.2. The Balaban J connectivity index is 1.79. The van der Waals surface area contributed by atoms with E-state index in [2.05, 4.69) is 4.98 Å². The molecule has 160 valence electrons. The van der Waals surface area contributed by atoms with Gasteiger partial charge in [-0.2, -0.15) is 0 Å². The Morgan fingerprint density at radius 1 is 1.00 bits per heavy atom. The Hall–Kier alpha value is -3.94. The third kappa shape index (κ3) is 3.43. The number of hydrogen-bond acceptors (Lipinski definition) is 5. The highest BCUT2D eigenvalue weighted by molar-refractivity contribution is 6.05. The van der Waals surface area contributed by atoms with E-state index >= 15 is 0 Å². The number of pyridine rings is 1. The number of halogens is 2. The molecule has 1 aliphatic heterocycles. The number of ether oxygens (including phenoxy) is 1. The lowest BCUT2D eigenvalue weighted by molar-refractivity contribution is -0.117. The van der Waals surface area contributed by atoms with Crippen LogP contribution in [0, 0.1) is 11.6 Å². The molecule has 4 aromatic rings. The second kappa shape index (κ2) is 7.96. The van der Waals surface area contributed by atoms with Crippen LogP contribution < -0.4 is 9.64 Å². The minimum absolute atomic E-state index is 0.0284. The highest BCUT2D eigenvalue weighted by Crippen LogP contribution is 2.38. The Bertz CT molecular complexity index is 1350. The second-order valence-corrected chi connectivity index (χ2v) is 7.47. The third-order valence-corrected chi connectivity index (χ3v) is 5.47. The minimum atomic E-state index is -0.945. The summed E-state index contributed by atoms with van der Waals surface area (Å²) in [7, 11) is 1.51. The zero-order chi connectivity index (χ0) is 22.2. The van der Waals surface area contributed by atoms with Crippen molar-refractivity contribution in [3.8, 4) is 28.3 Å². The van der Waals surface area contributed by atoms with E-state index in [9.17, 15) is 13.6 Å². The van der Waals surface area contributed by atoms with Crippen molar-refractivity contribution in [3.05, 3.63) is 66.5 Å². The number of nitrogens with zero attached hydrogens (tertiary/aromatic N) is 4. The molecule has 1 amide bonds. The maximum absolute atomic E-state index is 13.9. The van der Waals surface area contributed by atoms with E-state index in [1.54, 1.807) is 35.5 Å². The van der Waals surface area contributed by atoms with E-state index in [0.29, 0.717) is 58.0 Å². The van der Waals surface area contributed by atoms with Crippen molar-refractivity contribution < 1.29 is 18.3 Å². The lowest BCUT2D eigenvalue weighted by Crippen LogP contribution is -2.25. The molecule has 0 bridgehead atoms. The molecule has 1 aliphatic rings. The monoisotopic (exact) mass is 432 g/mol. The molecule has 1 fully saturated rings. The van der Waals surface area contributed by atoms with Crippen LogP contribution in [0.2, 0.25) is 0 Å². The van der Waals surface area contributed by atoms with Gasteiger partial charge in [0.2, 0.25) is 5.91 Å². The molecule has 5 rings (SSSR count). The number of carbonyl (C=O) groups excluding carboxylic acids is 1. The molecule has 8 heteroatoms. The summed E-state index contributed by atoms with van der Waals surface area (Å²) in [5.74, 6) is -0.589. The normalized spacial score (nSPS) is 13.7. The average molecular weight is 432 g/mol. The van der Waals surface area contributed by atoms with Crippen molar-refractivity contribution in [1.82, 2.24) is 15.0 Å². The van der Waals surface area contributed by atoms with Gasteiger partial charge in [-0.1, -0.05) is 6.07 Å². The van der Waals surface area contributed by atoms with Gasteiger partial charge in [0.05, 0.1) is 7.11 Å². The molecule has 0 radical (unpaired) electrons. The largest absolute Gasteiger partial charge is 0.494 e. The lowest BCUT2D eigenvalue weighted by atomic mass is 10.0. The van der Waals surface area contributed by atoms with Crippen molar-refractivity contribution in [3.63, 3.8) is 0 Å². The fourth-order valence-corrected chi connectivity index (χ4v) is 3.88. The molecule has 1 saturated heterocycles. The Morgan fingerprint density at radius 3 is 2.56 bits per heavy atom. The molecule has 0 aliphatic carbocycles. The van der Waals surface area contributed by atoms with Crippen LogP contribution in [-0.2, 0) is 4.79 Å². The summed E-state index contributed by atoms with van der Waals surface area (Å²) in [6.07, 6.45) is 4.48. The molecule has 0 N–H and O–H groups in total. The molecule has 32 heavy (non-hydrogen) atoms. The van der Waals surface area contributed by atoms with Gasteiger partial charge in [0.1, 0.15) is 17.1 Å². The summed E-state index contributed by atoms with van der Waals surface area (Å²) >= 11 is 0. The minimum Gasteiger partial charge on any atom is -0.494 e. The summed E-state index contributed by atoms with van der Waals surface area (Å²) < 4.78 is 33.0. The van der Waals surface area contributed by atoms with Gasteiger partial charge in [0.15, 0.2) is 17.5 Å². The van der Waals surface area contributed by atoms with Crippen molar-refractivity contribution in [2.45, 2.75) is 12.8 Å². The standard InChI is InChI=1S/C24H18F2N4O2/c1-32-20-12-16(14-6-7-18(25)19(26)11-14)10-17-22(20)28-23(15-4-2-8-27-13-15)29-24(17)30-9-3-5-21(30)31/h2,4,6-8,10-13H,3,5,9H2,1H3. The van der Waals surface area contributed by atoms with Crippen molar-refractivity contribution in [1.29, 1.82) is 0 Å². The van der Waals surface area contributed by atoms with Crippen molar-refractivity contribution >= 4 is 22.6 Å². The van der Waals surface area contributed by atoms with E-state index in [1.165, 1.54) is 13.2 Å². The van der Waals surface area contributed by atoms with Crippen LogP contribution in [0.25, 0.3) is 33.4 Å². The average Bonchev–Trinajstić information content (AvgIpc) is 3.25. The highest BCUT2D eigenvalue weighted by Gasteiger charge is 2.27. The zero-order valence-corrected chi connectivity index (χ0v) is 17.2. The molecular weight excluding hydrogens is 414 g/mol. The van der Waals surface area contributed by atoms with Gasteiger partial charge >= 0.3 is 0 Å². The molecule has 0 atom stereocenters. The maximum Gasteiger partial charge on any atom is 0.228 e. The van der Waals surface area contributed by atoms with Crippen molar-refractivity contribution in [2.24, 2.45) is 0 Å². The van der Waals surface area contributed by atoms with Gasteiger partial charge < -0.3 is 4.74 Å². The summed E-state index contributed by atoms with van der Waals surface area (Å²) in [6, 6.07) is 10.8. The molecular formula is C24H18F2N4O2. The van der Waals surface area contributed by atoms with Gasteiger partial charge in [0.25, 0.3) is 0 Å². The van der Waals surface area contributed by atoms with E-state index in [1.807, 2.05) is 6.07 Å². The van der Waals surface area contributed by atoms with Gasteiger partial charge in [0, 0.05) is 36.3 Å². The number of methoxy groups -OCH3 is 1. The topological polar surface area (TPSA) is 68.2 Å². The summed E-state index contributed by atoms with van der Waals surface area (Å²) in [6.45, 7) is 0.537. The van der Waals surface area contributed by atoms with Gasteiger partial charge in [-0.05, 0) is 53.9 Å². The Labute approximate surface area is 182 Å². The predicted octanol–water partition coefficient (Wildman–Crippen LogP) is 4.77. The first kappa shape index (κ1) is 20.0. The van der Waals surface area contributed by atoms with E-state index < -0.39 is 11.6 Å². The zero-order valence-electron chi connectivity index (χ0n) is 17.2. The first-order valence-corrected chi connectivity index (χ1v) is 10.1. The number of hydrogen-bond donors (Lipinski definition) is 0. The summed E-state index contributed by atoms with van der Waals surface area (Å²) in [5.41, 5.74) is 2.29. The number of anilines is 1. The number of aromatic nitrogens is 3. The number of benzene rings is 2. The van der Waals surface area contributed by atoms with E-state index in [0.717, 1.165) is 18.6 Å². The molecule has 0 unspecified atom stereocenters. The van der Waals surface area contributed by atoms with Gasteiger partial charge in [-0.15, -0.1) is 0 Å².